The van der Waals surface area contributed by atoms with Crippen molar-refractivity contribution in [3.63, 3.8) is 0 Å². The second-order valence-corrected chi connectivity index (χ2v) is 10.7. The molecular weight excluding hydrogens is 372 g/mol. The fourth-order valence-electron chi connectivity index (χ4n) is 5.40. The molecule has 30 heavy (non-hydrogen) atoms. The van der Waals surface area contributed by atoms with Crippen LogP contribution in [0, 0.1) is 11.8 Å². The van der Waals surface area contributed by atoms with Crippen LogP contribution < -0.4 is 4.74 Å². The first-order valence-corrected chi connectivity index (χ1v) is 11.6. The summed E-state index contributed by atoms with van der Waals surface area (Å²) < 4.78 is 6.24. The SMILES string of the molecule is CC(C=C[C@@H]1C[C@]1(C)c1cc(CC2CCCCC2)c2c(c1)C(C)(C)CO2)=CC(=O)O. The van der Waals surface area contributed by atoms with Crippen molar-refractivity contribution < 1.29 is 14.6 Å². The summed E-state index contributed by atoms with van der Waals surface area (Å²) in [6, 6.07) is 4.84. The van der Waals surface area contributed by atoms with Crippen LogP contribution >= 0.6 is 0 Å². The van der Waals surface area contributed by atoms with Gasteiger partial charge in [-0.05, 0) is 53.7 Å². The lowest BCUT2D eigenvalue weighted by atomic mass is 9.79. The Bertz CT molecular complexity index is 886. The Morgan fingerprint density at radius 1 is 1.20 bits per heavy atom. The van der Waals surface area contributed by atoms with Crippen LogP contribution in [0.25, 0.3) is 0 Å². The summed E-state index contributed by atoms with van der Waals surface area (Å²) in [5.74, 6) is 1.52. The molecule has 1 aliphatic heterocycles. The third kappa shape index (κ3) is 4.22. The largest absolute Gasteiger partial charge is 0.492 e. The number of hydrogen-bond acceptors (Lipinski definition) is 2. The van der Waals surface area contributed by atoms with E-state index in [9.17, 15) is 4.79 Å². The summed E-state index contributed by atoms with van der Waals surface area (Å²) in [5, 5.41) is 8.93. The van der Waals surface area contributed by atoms with Gasteiger partial charge in [0.1, 0.15) is 5.75 Å². The fraction of sp³-hybridized carbons (Fsp3) is 0.593. The molecule has 0 radical (unpaired) electrons. The number of rotatable bonds is 6. The van der Waals surface area contributed by atoms with Crippen LogP contribution in [0.1, 0.15) is 82.9 Å². The van der Waals surface area contributed by atoms with Crippen LogP contribution in [-0.2, 0) is 22.0 Å². The monoisotopic (exact) mass is 408 g/mol. The summed E-state index contributed by atoms with van der Waals surface area (Å²) >= 11 is 0. The molecule has 2 fully saturated rings. The average molecular weight is 409 g/mol. The van der Waals surface area contributed by atoms with Crippen LogP contribution in [0.15, 0.2) is 35.9 Å². The van der Waals surface area contributed by atoms with Crippen molar-refractivity contribution in [1.82, 2.24) is 0 Å². The molecular formula is C27H36O3. The van der Waals surface area contributed by atoms with Gasteiger partial charge in [0.25, 0.3) is 0 Å². The van der Waals surface area contributed by atoms with E-state index in [4.69, 9.17) is 9.84 Å². The number of aliphatic carboxylic acids is 1. The Labute approximate surface area is 181 Å². The van der Waals surface area contributed by atoms with Gasteiger partial charge in [-0.1, -0.05) is 77.2 Å². The number of ether oxygens (including phenoxy) is 1. The normalized spacial score (nSPS) is 28.4. The predicted molar refractivity (Wildman–Crippen MR) is 121 cm³/mol. The lowest BCUT2D eigenvalue weighted by Crippen LogP contribution is -2.19. The molecule has 3 heteroatoms. The molecule has 4 rings (SSSR count). The van der Waals surface area contributed by atoms with Crippen molar-refractivity contribution in [2.75, 3.05) is 6.61 Å². The van der Waals surface area contributed by atoms with Gasteiger partial charge in [-0.3, -0.25) is 0 Å². The summed E-state index contributed by atoms with van der Waals surface area (Å²) in [5.41, 5.74) is 5.21. The zero-order chi connectivity index (χ0) is 21.5. The van der Waals surface area contributed by atoms with Gasteiger partial charge in [0.2, 0.25) is 0 Å². The molecule has 0 saturated heterocycles. The summed E-state index contributed by atoms with van der Waals surface area (Å²) in [6.07, 6.45) is 14.5. The van der Waals surface area contributed by atoms with Gasteiger partial charge in [0.15, 0.2) is 0 Å². The first-order valence-electron chi connectivity index (χ1n) is 11.6. The van der Waals surface area contributed by atoms with Crippen molar-refractivity contribution in [3.05, 3.63) is 52.6 Å². The zero-order valence-electron chi connectivity index (χ0n) is 19.0. The highest BCUT2D eigenvalue weighted by Crippen LogP contribution is 2.57. The smallest absolute Gasteiger partial charge is 0.328 e. The molecule has 3 nitrogen and oxygen atoms in total. The first kappa shape index (κ1) is 21.2. The van der Waals surface area contributed by atoms with Crippen LogP contribution in [0.2, 0.25) is 0 Å². The standard InChI is InChI=1S/C27H36O3/c1-18(12-24(28)29)10-11-21-16-27(21,4)22-14-20(13-19-8-6-5-7-9-19)25-23(15-22)26(2,3)17-30-25/h10-12,14-15,19,21H,5-9,13,16-17H2,1-4H3,(H,28,29)/t21-,27+/m1/s1. The summed E-state index contributed by atoms with van der Waals surface area (Å²) in [7, 11) is 0. The van der Waals surface area contributed by atoms with E-state index in [1.165, 1.54) is 54.9 Å². The second-order valence-electron chi connectivity index (χ2n) is 10.7. The van der Waals surface area contributed by atoms with E-state index in [2.05, 4.69) is 39.0 Å². The van der Waals surface area contributed by atoms with Crippen LogP contribution in [0.4, 0.5) is 0 Å². The van der Waals surface area contributed by atoms with Gasteiger partial charge in [0.05, 0.1) is 6.61 Å². The molecule has 2 atom stereocenters. The van der Waals surface area contributed by atoms with E-state index < -0.39 is 5.97 Å². The minimum atomic E-state index is -0.885. The van der Waals surface area contributed by atoms with E-state index in [-0.39, 0.29) is 10.8 Å². The number of carboxylic acid groups (broad SMARTS) is 1. The third-order valence-electron chi connectivity index (χ3n) is 7.61. The first-order chi connectivity index (χ1) is 14.2. The van der Waals surface area contributed by atoms with Crippen molar-refractivity contribution in [2.45, 2.75) is 83.5 Å². The van der Waals surface area contributed by atoms with Gasteiger partial charge in [-0.25, -0.2) is 4.79 Å². The molecule has 1 heterocycles. The number of carboxylic acids is 1. The maximum Gasteiger partial charge on any atom is 0.328 e. The van der Waals surface area contributed by atoms with Crippen molar-refractivity contribution in [3.8, 4) is 5.75 Å². The number of allylic oxidation sites excluding steroid dienone is 3. The van der Waals surface area contributed by atoms with Crippen molar-refractivity contribution in [2.24, 2.45) is 11.8 Å². The van der Waals surface area contributed by atoms with Gasteiger partial charge < -0.3 is 9.84 Å². The van der Waals surface area contributed by atoms with E-state index in [1.54, 1.807) is 0 Å². The molecule has 0 aromatic heterocycles. The zero-order valence-corrected chi connectivity index (χ0v) is 19.0. The van der Waals surface area contributed by atoms with Gasteiger partial charge in [-0.15, -0.1) is 0 Å². The van der Waals surface area contributed by atoms with Crippen molar-refractivity contribution in [1.29, 1.82) is 0 Å². The number of carbonyl (C=O) groups is 1. The number of benzene rings is 1. The molecule has 3 aliphatic rings. The molecule has 0 spiro atoms. The molecule has 0 unspecified atom stereocenters. The molecule has 2 aliphatic carbocycles. The third-order valence-corrected chi connectivity index (χ3v) is 7.61. The highest BCUT2D eigenvalue weighted by molar-refractivity contribution is 5.81. The Hall–Kier alpha value is -2.03. The van der Waals surface area contributed by atoms with Gasteiger partial charge in [-0.2, -0.15) is 0 Å². The van der Waals surface area contributed by atoms with Crippen LogP contribution in [-0.4, -0.2) is 17.7 Å². The molecule has 1 aromatic carbocycles. The Balaban J connectivity index is 1.61. The number of fused-ring (bicyclic) bond motifs is 1. The highest BCUT2D eigenvalue weighted by atomic mass is 16.5. The van der Waals surface area contributed by atoms with Crippen LogP contribution in [0.5, 0.6) is 5.75 Å². The molecule has 2 saturated carbocycles. The number of hydrogen-bond donors (Lipinski definition) is 1. The fourth-order valence-corrected chi connectivity index (χ4v) is 5.40. The molecule has 0 bridgehead atoms. The molecule has 162 valence electrons. The maximum absolute atomic E-state index is 10.9. The van der Waals surface area contributed by atoms with Crippen LogP contribution in [0.3, 0.4) is 0 Å². The second kappa shape index (κ2) is 7.90. The lowest BCUT2D eigenvalue weighted by Gasteiger charge is -2.24. The maximum atomic E-state index is 10.9. The Kier molecular flexibility index (Phi) is 5.59. The quantitative estimate of drug-likeness (QED) is 0.441. The summed E-state index contributed by atoms with van der Waals surface area (Å²) in [4.78, 5) is 10.9. The molecule has 0 amide bonds. The van der Waals surface area contributed by atoms with Gasteiger partial charge >= 0.3 is 5.97 Å². The summed E-state index contributed by atoms with van der Waals surface area (Å²) in [6.45, 7) is 9.55. The minimum Gasteiger partial charge on any atom is -0.492 e. The van der Waals surface area contributed by atoms with E-state index in [0.717, 1.165) is 36.7 Å². The lowest BCUT2D eigenvalue weighted by molar-refractivity contribution is -0.131. The molecule has 1 N–H and O–H groups in total. The van der Waals surface area contributed by atoms with E-state index in [1.807, 2.05) is 13.0 Å². The van der Waals surface area contributed by atoms with Crippen molar-refractivity contribution >= 4 is 5.97 Å². The van der Waals surface area contributed by atoms with Gasteiger partial charge in [0, 0.05) is 17.1 Å². The highest BCUT2D eigenvalue weighted by Gasteiger charge is 2.50. The average Bonchev–Trinajstić information content (AvgIpc) is 3.26. The molecule has 1 aromatic rings. The Morgan fingerprint density at radius 2 is 1.93 bits per heavy atom. The minimum absolute atomic E-state index is 0.0596. The van der Waals surface area contributed by atoms with E-state index >= 15 is 0 Å². The Morgan fingerprint density at radius 3 is 2.63 bits per heavy atom. The van der Waals surface area contributed by atoms with E-state index in [0.29, 0.717) is 5.92 Å². The predicted octanol–water partition coefficient (Wildman–Crippen LogP) is 6.34. The topological polar surface area (TPSA) is 46.5 Å².